The van der Waals surface area contributed by atoms with Crippen molar-refractivity contribution in [1.29, 1.82) is 0 Å². The Morgan fingerprint density at radius 1 is 1.60 bits per heavy atom. The Balaban J connectivity index is 2.78. The van der Waals surface area contributed by atoms with Crippen molar-refractivity contribution >= 4 is 23.1 Å². The van der Waals surface area contributed by atoms with Crippen LogP contribution in [-0.2, 0) is 0 Å². The zero-order chi connectivity index (χ0) is 11.4. The molecule has 5 heteroatoms. The molecule has 0 aliphatic carbocycles. The quantitative estimate of drug-likeness (QED) is 0.661. The van der Waals surface area contributed by atoms with E-state index in [1.54, 1.807) is 13.0 Å². The van der Waals surface area contributed by atoms with Crippen molar-refractivity contribution < 1.29 is 9.90 Å². The lowest BCUT2D eigenvalue weighted by Gasteiger charge is -2.06. The number of aromatic hydroxyl groups is 1. The Hall–Kier alpha value is -1.62. The third-order valence-electron chi connectivity index (χ3n) is 1.88. The van der Waals surface area contributed by atoms with Gasteiger partial charge in [0.15, 0.2) is 0 Å². The summed E-state index contributed by atoms with van der Waals surface area (Å²) >= 11 is 4.64. The first-order valence-electron chi connectivity index (χ1n) is 4.37. The molecule has 0 unspecified atom stereocenters. The predicted octanol–water partition coefficient (Wildman–Crippen LogP) is 0.717. The van der Waals surface area contributed by atoms with Gasteiger partial charge in [-0.25, -0.2) is 0 Å². The lowest BCUT2D eigenvalue weighted by molar-refractivity contribution is 0.0959. The van der Waals surface area contributed by atoms with E-state index in [-0.39, 0.29) is 23.2 Å². The molecule has 0 aliphatic heterocycles. The SMILES string of the molecule is Cc1cc(O)ccc1C(=O)NCC(N)=S. The van der Waals surface area contributed by atoms with Crippen LogP contribution in [0.2, 0.25) is 0 Å². The average Bonchev–Trinajstić information content (AvgIpc) is 2.14. The second-order valence-electron chi connectivity index (χ2n) is 3.15. The van der Waals surface area contributed by atoms with Crippen LogP contribution >= 0.6 is 12.2 Å². The van der Waals surface area contributed by atoms with Crippen molar-refractivity contribution in [3.8, 4) is 5.75 Å². The highest BCUT2D eigenvalue weighted by molar-refractivity contribution is 7.80. The zero-order valence-corrected chi connectivity index (χ0v) is 9.10. The minimum atomic E-state index is -0.250. The van der Waals surface area contributed by atoms with Crippen molar-refractivity contribution in [2.75, 3.05) is 6.54 Å². The number of thiocarbonyl (C=S) groups is 1. The van der Waals surface area contributed by atoms with Crippen LogP contribution in [0.5, 0.6) is 5.75 Å². The smallest absolute Gasteiger partial charge is 0.251 e. The highest BCUT2D eigenvalue weighted by Crippen LogP contribution is 2.15. The molecule has 80 valence electrons. The van der Waals surface area contributed by atoms with Crippen LogP contribution in [0.25, 0.3) is 0 Å². The first kappa shape index (κ1) is 11.5. The van der Waals surface area contributed by atoms with Crippen LogP contribution in [0.4, 0.5) is 0 Å². The maximum atomic E-state index is 11.6. The molecule has 1 aromatic carbocycles. The van der Waals surface area contributed by atoms with E-state index in [1.807, 2.05) is 0 Å². The second-order valence-corrected chi connectivity index (χ2v) is 3.67. The summed E-state index contributed by atoms with van der Waals surface area (Å²) < 4.78 is 0. The second kappa shape index (κ2) is 4.75. The third kappa shape index (κ3) is 3.21. The Morgan fingerprint density at radius 2 is 2.27 bits per heavy atom. The Morgan fingerprint density at radius 3 is 2.80 bits per heavy atom. The van der Waals surface area contributed by atoms with E-state index in [0.717, 1.165) is 0 Å². The van der Waals surface area contributed by atoms with Crippen LogP contribution in [-0.4, -0.2) is 22.5 Å². The van der Waals surface area contributed by atoms with Gasteiger partial charge in [-0.2, -0.15) is 0 Å². The number of benzene rings is 1. The van der Waals surface area contributed by atoms with Gasteiger partial charge in [0.05, 0.1) is 11.5 Å². The summed E-state index contributed by atoms with van der Waals surface area (Å²) in [6.45, 7) is 1.92. The van der Waals surface area contributed by atoms with E-state index >= 15 is 0 Å². The lowest BCUT2D eigenvalue weighted by atomic mass is 10.1. The standard InChI is InChI=1S/C10H12N2O2S/c1-6-4-7(13)2-3-8(6)10(14)12-5-9(11)15/h2-4,13H,5H2,1H3,(H2,11,15)(H,12,14). The van der Waals surface area contributed by atoms with Gasteiger partial charge in [-0.1, -0.05) is 12.2 Å². The van der Waals surface area contributed by atoms with Crippen LogP contribution in [0.3, 0.4) is 0 Å². The molecule has 0 spiro atoms. The van der Waals surface area contributed by atoms with E-state index in [2.05, 4.69) is 17.5 Å². The number of phenols is 1. The van der Waals surface area contributed by atoms with E-state index in [1.165, 1.54) is 12.1 Å². The summed E-state index contributed by atoms with van der Waals surface area (Å²) in [5.41, 5.74) is 6.47. The largest absolute Gasteiger partial charge is 0.508 e. The Labute approximate surface area is 93.1 Å². The number of phenolic OH excluding ortho intramolecular Hbond substituents is 1. The van der Waals surface area contributed by atoms with Gasteiger partial charge in [0.25, 0.3) is 5.91 Å². The van der Waals surface area contributed by atoms with E-state index in [0.29, 0.717) is 11.1 Å². The molecule has 0 atom stereocenters. The van der Waals surface area contributed by atoms with Crippen LogP contribution < -0.4 is 11.1 Å². The molecule has 4 N–H and O–H groups in total. The average molecular weight is 224 g/mol. The van der Waals surface area contributed by atoms with E-state index in [4.69, 9.17) is 10.8 Å². The van der Waals surface area contributed by atoms with Gasteiger partial charge in [0.1, 0.15) is 5.75 Å². The number of carbonyl (C=O) groups excluding carboxylic acids is 1. The Bertz CT molecular complexity index is 404. The van der Waals surface area contributed by atoms with Crippen molar-refractivity contribution in [3.63, 3.8) is 0 Å². The number of nitrogens with one attached hydrogen (secondary N) is 1. The number of amides is 1. The normalized spacial score (nSPS) is 9.67. The van der Waals surface area contributed by atoms with E-state index in [9.17, 15) is 4.79 Å². The van der Waals surface area contributed by atoms with Gasteiger partial charge in [-0.3, -0.25) is 4.79 Å². The number of aryl methyl sites for hydroxylation is 1. The molecule has 0 bridgehead atoms. The topological polar surface area (TPSA) is 75.3 Å². The van der Waals surface area contributed by atoms with E-state index < -0.39 is 0 Å². The third-order valence-corrected chi connectivity index (χ3v) is 2.02. The fraction of sp³-hybridized carbons (Fsp3) is 0.200. The molecule has 4 nitrogen and oxygen atoms in total. The minimum absolute atomic E-state index is 0.137. The minimum Gasteiger partial charge on any atom is -0.508 e. The number of carbonyl (C=O) groups is 1. The zero-order valence-electron chi connectivity index (χ0n) is 8.28. The molecular weight excluding hydrogens is 212 g/mol. The molecule has 1 rings (SSSR count). The van der Waals surface area contributed by atoms with Crippen LogP contribution in [0.15, 0.2) is 18.2 Å². The lowest BCUT2D eigenvalue weighted by Crippen LogP contribution is -2.32. The molecule has 0 aliphatic rings. The first-order valence-corrected chi connectivity index (χ1v) is 4.77. The van der Waals surface area contributed by atoms with Gasteiger partial charge in [-0.15, -0.1) is 0 Å². The number of hydrogen-bond donors (Lipinski definition) is 3. The Kier molecular flexibility index (Phi) is 3.62. The van der Waals surface area contributed by atoms with Crippen molar-refractivity contribution in [3.05, 3.63) is 29.3 Å². The van der Waals surface area contributed by atoms with Gasteiger partial charge in [-0.05, 0) is 30.7 Å². The highest BCUT2D eigenvalue weighted by atomic mass is 32.1. The van der Waals surface area contributed by atoms with Crippen molar-refractivity contribution in [2.45, 2.75) is 6.92 Å². The fourth-order valence-electron chi connectivity index (χ4n) is 1.17. The summed E-state index contributed by atoms with van der Waals surface area (Å²) in [7, 11) is 0. The summed E-state index contributed by atoms with van der Waals surface area (Å²) in [6.07, 6.45) is 0. The molecule has 1 aromatic rings. The summed E-state index contributed by atoms with van der Waals surface area (Å²) in [6, 6.07) is 4.54. The van der Waals surface area contributed by atoms with Crippen LogP contribution in [0, 0.1) is 6.92 Å². The molecule has 0 saturated carbocycles. The highest BCUT2D eigenvalue weighted by Gasteiger charge is 2.08. The molecule has 0 fully saturated rings. The van der Waals surface area contributed by atoms with Gasteiger partial charge < -0.3 is 16.2 Å². The predicted molar refractivity (Wildman–Crippen MR) is 62.0 cm³/mol. The van der Waals surface area contributed by atoms with Crippen LogP contribution in [0.1, 0.15) is 15.9 Å². The fourth-order valence-corrected chi connectivity index (χ4v) is 1.24. The molecule has 0 radical (unpaired) electrons. The number of nitrogens with two attached hydrogens (primary N) is 1. The number of hydrogen-bond acceptors (Lipinski definition) is 3. The monoisotopic (exact) mass is 224 g/mol. The summed E-state index contributed by atoms with van der Waals surface area (Å²) in [5, 5.41) is 11.7. The van der Waals surface area contributed by atoms with Crippen molar-refractivity contribution in [2.24, 2.45) is 5.73 Å². The summed E-state index contributed by atoms with van der Waals surface area (Å²) in [4.78, 5) is 11.8. The molecule has 15 heavy (non-hydrogen) atoms. The molecule has 0 aromatic heterocycles. The number of rotatable bonds is 3. The molecule has 0 saturated heterocycles. The van der Waals surface area contributed by atoms with Crippen molar-refractivity contribution in [1.82, 2.24) is 5.32 Å². The van der Waals surface area contributed by atoms with Gasteiger partial charge in [0.2, 0.25) is 0 Å². The van der Waals surface area contributed by atoms with Gasteiger partial charge >= 0.3 is 0 Å². The maximum absolute atomic E-state index is 11.6. The maximum Gasteiger partial charge on any atom is 0.251 e. The van der Waals surface area contributed by atoms with Gasteiger partial charge in [0, 0.05) is 5.56 Å². The first-order chi connectivity index (χ1) is 7.00. The molecule has 1 amide bonds. The molecular formula is C10H12N2O2S. The molecule has 0 heterocycles. The summed E-state index contributed by atoms with van der Waals surface area (Å²) in [5.74, 6) is -0.112.